The van der Waals surface area contributed by atoms with Gasteiger partial charge >= 0.3 is 0 Å². The Morgan fingerprint density at radius 3 is 2.53 bits per heavy atom. The summed E-state index contributed by atoms with van der Waals surface area (Å²) in [6, 6.07) is 7.63. The Balaban J connectivity index is 2.14. The molecule has 92 valence electrons. The fraction of sp³-hybridized carbons (Fsp3) is 0.500. The molecule has 0 bridgehead atoms. The molecule has 0 saturated carbocycles. The summed E-state index contributed by atoms with van der Waals surface area (Å²) in [6.45, 7) is 6.21. The summed E-state index contributed by atoms with van der Waals surface area (Å²) in [6.07, 6.45) is 1.22. The average Bonchev–Trinajstić information content (AvgIpc) is 2.26. The van der Waals surface area contributed by atoms with Crippen LogP contribution in [0.15, 0.2) is 28.7 Å². The maximum Gasteiger partial charge on any atom is 0.253 e. The molecule has 0 unspecified atom stereocenters. The van der Waals surface area contributed by atoms with Gasteiger partial charge in [0.05, 0.1) is 0 Å². The molecule has 0 aromatic heterocycles. The number of amides is 1. The summed E-state index contributed by atoms with van der Waals surface area (Å²) >= 11 is 3.41. The number of halogens is 1. The molecule has 1 aliphatic rings. The van der Waals surface area contributed by atoms with Gasteiger partial charge in [0, 0.05) is 23.1 Å². The minimum absolute atomic E-state index is 0.157. The van der Waals surface area contributed by atoms with Crippen molar-refractivity contribution in [2.45, 2.75) is 20.3 Å². The molecule has 2 nitrogen and oxygen atoms in total. The van der Waals surface area contributed by atoms with Crippen LogP contribution in [0.4, 0.5) is 0 Å². The lowest BCUT2D eigenvalue weighted by Crippen LogP contribution is -2.42. The Labute approximate surface area is 111 Å². The van der Waals surface area contributed by atoms with Crippen LogP contribution in [0.25, 0.3) is 0 Å². The fourth-order valence-corrected chi connectivity index (χ4v) is 3.03. The zero-order valence-corrected chi connectivity index (χ0v) is 11.9. The van der Waals surface area contributed by atoms with Gasteiger partial charge in [0.15, 0.2) is 0 Å². The molecular formula is C14H18BrNO. The van der Waals surface area contributed by atoms with Gasteiger partial charge in [0.2, 0.25) is 0 Å². The Morgan fingerprint density at radius 2 is 1.94 bits per heavy atom. The molecule has 0 N–H and O–H groups in total. The van der Waals surface area contributed by atoms with Crippen molar-refractivity contribution in [3.63, 3.8) is 0 Å². The summed E-state index contributed by atoms with van der Waals surface area (Å²) < 4.78 is 0.960. The van der Waals surface area contributed by atoms with Crippen LogP contribution in [0.2, 0.25) is 0 Å². The number of carbonyl (C=O) groups is 1. The van der Waals surface area contributed by atoms with E-state index in [0.29, 0.717) is 11.8 Å². The first-order chi connectivity index (χ1) is 8.06. The van der Waals surface area contributed by atoms with E-state index >= 15 is 0 Å². The predicted octanol–water partition coefficient (Wildman–Crippen LogP) is 3.57. The second kappa shape index (κ2) is 5.21. The quantitative estimate of drug-likeness (QED) is 0.776. The Kier molecular flexibility index (Phi) is 3.87. The Morgan fingerprint density at radius 1 is 1.29 bits per heavy atom. The van der Waals surface area contributed by atoms with Crippen LogP contribution in [0, 0.1) is 11.8 Å². The average molecular weight is 296 g/mol. The molecule has 1 aromatic rings. The van der Waals surface area contributed by atoms with Crippen LogP contribution in [-0.4, -0.2) is 23.9 Å². The van der Waals surface area contributed by atoms with E-state index in [9.17, 15) is 4.79 Å². The van der Waals surface area contributed by atoms with E-state index in [4.69, 9.17) is 0 Å². The second-order valence-electron chi connectivity index (χ2n) is 5.17. The maximum absolute atomic E-state index is 12.3. The molecular weight excluding hydrogens is 278 g/mol. The zero-order valence-electron chi connectivity index (χ0n) is 10.3. The smallest absolute Gasteiger partial charge is 0.253 e. The number of rotatable bonds is 1. The molecule has 1 aromatic carbocycles. The first-order valence-electron chi connectivity index (χ1n) is 6.11. The van der Waals surface area contributed by atoms with Crippen LogP contribution < -0.4 is 0 Å². The molecule has 2 rings (SSSR count). The number of carbonyl (C=O) groups excluding carboxylic acids is 1. The van der Waals surface area contributed by atoms with E-state index in [1.54, 1.807) is 0 Å². The summed E-state index contributed by atoms with van der Waals surface area (Å²) in [5, 5.41) is 0. The largest absolute Gasteiger partial charge is 0.338 e. The number of likely N-dealkylation sites (tertiary alicyclic amines) is 1. The van der Waals surface area contributed by atoms with Crippen molar-refractivity contribution in [1.29, 1.82) is 0 Å². The third kappa shape index (κ3) is 3.09. The molecule has 0 aliphatic carbocycles. The van der Waals surface area contributed by atoms with Crippen molar-refractivity contribution in [1.82, 2.24) is 4.90 Å². The van der Waals surface area contributed by atoms with Gasteiger partial charge in [0.25, 0.3) is 5.91 Å². The number of hydrogen-bond acceptors (Lipinski definition) is 1. The Hall–Kier alpha value is -0.830. The van der Waals surface area contributed by atoms with Gasteiger partial charge in [-0.05, 0) is 36.5 Å². The van der Waals surface area contributed by atoms with E-state index in [0.717, 1.165) is 23.1 Å². The van der Waals surface area contributed by atoms with E-state index in [-0.39, 0.29) is 5.91 Å². The van der Waals surface area contributed by atoms with Crippen molar-refractivity contribution in [2.24, 2.45) is 11.8 Å². The van der Waals surface area contributed by atoms with Gasteiger partial charge in [-0.1, -0.05) is 35.8 Å². The minimum atomic E-state index is 0.157. The van der Waals surface area contributed by atoms with Gasteiger partial charge in [-0.15, -0.1) is 0 Å². The minimum Gasteiger partial charge on any atom is -0.338 e. The second-order valence-corrected chi connectivity index (χ2v) is 6.08. The highest BCUT2D eigenvalue weighted by Gasteiger charge is 2.25. The lowest BCUT2D eigenvalue weighted by molar-refractivity contribution is 0.0623. The SMILES string of the molecule is C[C@H]1C[C@H](C)CN(C(=O)c2cccc(Br)c2)C1. The first-order valence-corrected chi connectivity index (χ1v) is 6.90. The third-order valence-corrected chi connectivity index (χ3v) is 3.72. The Bertz CT molecular complexity index is 408. The van der Waals surface area contributed by atoms with Gasteiger partial charge in [-0.2, -0.15) is 0 Å². The normalized spacial score (nSPS) is 24.8. The summed E-state index contributed by atoms with van der Waals surface area (Å²) in [4.78, 5) is 14.3. The van der Waals surface area contributed by atoms with Crippen molar-refractivity contribution in [3.8, 4) is 0 Å². The summed E-state index contributed by atoms with van der Waals surface area (Å²) in [5.74, 6) is 1.37. The van der Waals surface area contributed by atoms with E-state index in [1.165, 1.54) is 6.42 Å². The van der Waals surface area contributed by atoms with Gasteiger partial charge < -0.3 is 4.90 Å². The van der Waals surface area contributed by atoms with Crippen LogP contribution >= 0.6 is 15.9 Å². The van der Waals surface area contributed by atoms with Crippen LogP contribution in [0.1, 0.15) is 30.6 Å². The van der Waals surface area contributed by atoms with Gasteiger partial charge in [-0.3, -0.25) is 4.79 Å². The molecule has 0 radical (unpaired) electrons. The summed E-state index contributed by atoms with van der Waals surface area (Å²) in [7, 11) is 0. The van der Waals surface area contributed by atoms with Crippen molar-refractivity contribution >= 4 is 21.8 Å². The van der Waals surface area contributed by atoms with Gasteiger partial charge in [0.1, 0.15) is 0 Å². The molecule has 1 aliphatic heterocycles. The zero-order chi connectivity index (χ0) is 12.4. The lowest BCUT2D eigenvalue weighted by Gasteiger charge is -2.35. The molecule has 1 saturated heterocycles. The molecule has 1 heterocycles. The highest BCUT2D eigenvalue weighted by Crippen LogP contribution is 2.23. The van der Waals surface area contributed by atoms with E-state index in [2.05, 4.69) is 29.8 Å². The first kappa shape index (κ1) is 12.6. The summed E-state index contributed by atoms with van der Waals surface area (Å²) in [5.41, 5.74) is 0.778. The molecule has 1 amide bonds. The topological polar surface area (TPSA) is 20.3 Å². The number of piperidine rings is 1. The fourth-order valence-electron chi connectivity index (χ4n) is 2.63. The van der Waals surface area contributed by atoms with E-state index < -0.39 is 0 Å². The highest BCUT2D eigenvalue weighted by molar-refractivity contribution is 9.10. The van der Waals surface area contributed by atoms with Gasteiger partial charge in [-0.25, -0.2) is 0 Å². The third-order valence-electron chi connectivity index (χ3n) is 3.23. The van der Waals surface area contributed by atoms with Crippen molar-refractivity contribution in [3.05, 3.63) is 34.3 Å². The van der Waals surface area contributed by atoms with Crippen LogP contribution in [0.5, 0.6) is 0 Å². The van der Waals surface area contributed by atoms with E-state index in [1.807, 2.05) is 29.2 Å². The van der Waals surface area contributed by atoms with Crippen molar-refractivity contribution < 1.29 is 4.79 Å². The monoisotopic (exact) mass is 295 g/mol. The highest BCUT2D eigenvalue weighted by atomic mass is 79.9. The molecule has 1 fully saturated rings. The predicted molar refractivity (Wildman–Crippen MR) is 73.0 cm³/mol. The van der Waals surface area contributed by atoms with Crippen molar-refractivity contribution in [2.75, 3.05) is 13.1 Å². The lowest BCUT2D eigenvalue weighted by atomic mass is 9.91. The molecule has 17 heavy (non-hydrogen) atoms. The standard InChI is InChI=1S/C14H18BrNO/c1-10-6-11(2)9-16(8-10)14(17)12-4-3-5-13(15)7-12/h3-5,7,10-11H,6,8-9H2,1-2H3/t10-,11-/m0/s1. The molecule has 3 heteroatoms. The molecule has 0 spiro atoms. The number of nitrogens with zero attached hydrogens (tertiary/aromatic N) is 1. The number of benzene rings is 1. The molecule has 2 atom stereocenters. The van der Waals surface area contributed by atoms with Crippen LogP contribution in [-0.2, 0) is 0 Å². The maximum atomic E-state index is 12.3. The van der Waals surface area contributed by atoms with Crippen LogP contribution in [0.3, 0.4) is 0 Å². The number of hydrogen-bond donors (Lipinski definition) is 0.